The summed E-state index contributed by atoms with van der Waals surface area (Å²) in [6.07, 6.45) is 1.81. The highest BCUT2D eigenvalue weighted by molar-refractivity contribution is 7.10. The van der Waals surface area contributed by atoms with Gasteiger partial charge >= 0.3 is 0 Å². The summed E-state index contributed by atoms with van der Waals surface area (Å²) in [5.41, 5.74) is 0. The fraction of sp³-hybridized carbons (Fsp3) is 0.500. The molecule has 15 heavy (non-hydrogen) atoms. The Labute approximate surface area is 98.1 Å². The quantitative estimate of drug-likeness (QED) is 0.754. The Morgan fingerprint density at radius 2 is 2.40 bits per heavy atom. The van der Waals surface area contributed by atoms with Crippen molar-refractivity contribution in [2.24, 2.45) is 0 Å². The van der Waals surface area contributed by atoms with Crippen molar-refractivity contribution >= 4 is 28.8 Å². The van der Waals surface area contributed by atoms with Crippen molar-refractivity contribution in [1.29, 1.82) is 0 Å². The summed E-state index contributed by atoms with van der Waals surface area (Å²) in [7, 11) is 0. The molecule has 3 nitrogen and oxygen atoms in total. The molecule has 0 spiro atoms. The minimum atomic E-state index is 0.0213. The number of carbonyl (C=O) groups is 1. The van der Waals surface area contributed by atoms with E-state index >= 15 is 0 Å². The van der Waals surface area contributed by atoms with Crippen molar-refractivity contribution < 1.29 is 9.90 Å². The summed E-state index contributed by atoms with van der Waals surface area (Å²) in [6, 6.07) is 1.88. The molecule has 1 amide bonds. The monoisotopic (exact) mass is 247 g/mol. The molecule has 0 bridgehead atoms. The van der Waals surface area contributed by atoms with E-state index in [1.165, 1.54) is 0 Å². The molecule has 1 aromatic heterocycles. The molecule has 1 aromatic rings. The van der Waals surface area contributed by atoms with Crippen molar-refractivity contribution in [1.82, 2.24) is 5.32 Å². The van der Waals surface area contributed by atoms with Gasteiger partial charge in [0.1, 0.15) is 0 Å². The van der Waals surface area contributed by atoms with Crippen molar-refractivity contribution in [2.45, 2.75) is 19.3 Å². The van der Waals surface area contributed by atoms with E-state index in [1.54, 1.807) is 11.3 Å². The van der Waals surface area contributed by atoms with Crippen molar-refractivity contribution in [3.8, 4) is 0 Å². The highest BCUT2D eigenvalue weighted by atomic mass is 35.5. The summed E-state index contributed by atoms with van der Waals surface area (Å²) < 4.78 is 0. The van der Waals surface area contributed by atoms with E-state index in [0.29, 0.717) is 19.4 Å². The predicted molar refractivity (Wildman–Crippen MR) is 62.4 cm³/mol. The lowest BCUT2D eigenvalue weighted by Crippen LogP contribution is -2.25. The Bertz CT molecular complexity index is 314. The van der Waals surface area contributed by atoms with E-state index in [1.807, 2.05) is 11.4 Å². The smallest absolute Gasteiger partial charge is 0.220 e. The molecular weight excluding hydrogens is 234 g/mol. The fourth-order valence-corrected chi connectivity index (χ4v) is 2.19. The van der Waals surface area contributed by atoms with E-state index in [9.17, 15) is 4.79 Å². The molecule has 84 valence electrons. The number of carbonyl (C=O) groups excluding carboxylic acids is 1. The molecule has 1 rings (SSSR count). The Morgan fingerprint density at radius 1 is 1.60 bits per heavy atom. The SMILES string of the molecule is O=C(CCc1cc(Cl)cs1)NCCCO. The van der Waals surface area contributed by atoms with Crippen LogP contribution in [0.2, 0.25) is 5.02 Å². The maximum absolute atomic E-state index is 11.3. The second kappa shape index (κ2) is 6.82. The molecule has 0 saturated heterocycles. The maximum Gasteiger partial charge on any atom is 0.220 e. The highest BCUT2D eigenvalue weighted by Gasteiger charge is 2.03. The first-order chi connectivity index (χ1) is 7.22. The molecule has 1 heterocycles. The van der Waals surface area contributed by atoms with Crippen LogP contribution in [0.3, 0.4) is 0 Å². The van der Waals surface area contributed by atoms with Crippen molar-refractivity contribution in [3.63, 3.8) is 0 Å². The first-order valence-electron chi connectivity index (χ1n) is 4.83. The molecule has 2 N–H and O–H groups in total. The van der Waals surface area contributed by atoms with Crippen LogP contribution in [-0.4, -0.2) is 24.2 Å². The number of aryl methyl sites for hydroxylation is 1. The topological polar surface area (TPSA) is 49.3 Å². The van der Waals surface area contributed by atoms with Gasteiger partial charge in [0.15, 0.2) is 0 Å². The van der Waals surface area contributed by atoms with Crippen molar-refractivity contribution in [3.05, 3.63) is 21.3 Å². The molecule has 0 saturated carbocycles. The first kappa shape index (κ1) is 12.5. The number of rotatable bonds is 6. The molecule has 0 aliphatic heterocycles. The lowest BCUT2D eigenvalue weighted by atomic mass is 10.2. The summed E-state index contributed by atoms with van der Waals surface area (Å²) in [5.74, 6) is 0.0213. The zero-order chi connectivity index (χ0) is 11.1. The molecular formula is C10H14ClNO2S. The van der Waals surface area contributed by atoms with Crippen LogP contribution in [0.25, 0.3) is 0 Å². The summed E-state index contributed by atoms with van der Waals surface area (Å²) in [4.78, 5) is 12.4. The van der Waals surface area contributed by atoms with Gasteiger partial charge in [0.05, 0.1) is 5.02 Å². The molecule has 0 unspecified atom stereocenters. The Balaban J connectivity index is 2.16. The third-order valence-corrected chi connectivity index (χ3v) is 3.22. The van der Waals surface area contributed by atoms with Crippen LogP contribution >= 0.6 is 22.9 Å². The van der Waals surface area contributed by atoms with Gasteiger partial charge < -0.3 is 10.4 Å². The van der Waals surface area contributed by atoms with Crippen LogP contribution in [0.15, 0.2) is 11.4 Å². The Kier molecular flexibility index (Phi) is 5.68. The minimum Gasteiger partial charge on any atom is -0.396 e. The van der Waals surface area contributed by atoms with Gasteiger partial charge in [-0.05, 0) is 18.9 Å². The van der Waals surface area contributed by atoms with Gasteiger partial charge in [0, 0.05) is 29.8 Å². The van der Waals surface area contributed by atoms with Gasteiger partial charge in [0.25, 0.3) is 0 Å². The zero-order valence-corrected chi connectivity index (χ0v) is 9.90. The second-order valence-corrected chi connectivity index (χ2v) is 4.59. The molecule has 0 atom stereocenters. The van der Waals surface area contributed by atoms with Gasteiger partial charge in [-0.1, -0.05) is 11.6 Å². The van der Waals surface area contributed by atoms with Gasteiger partial charge in [-0.15, -0.1) is 11.3 Å². The van der Waals surface area contributed by atoms with Crippen molar-refractivity contribution in [2.75, 3.05) is 13.2 Å². The number of aliphatic hydroxyl groups is 1. The van der Waals surface area contributed by atoms with Crippen LogP contribution in [0.1, 0.15) is 17.7 Å². The lowest BCUT2D eigenvalue weighted by molar-refractivity contribution is -0.121. The predicted octanol–water partition coefficient (Wildman–Crippen LogP) is 1.83. The van der Waals surface area contributed by atoms with Gasteiger partial charge in [-0.3, -0.25) is 4.79 Å². The van der Waals surface area contributed by atoms with Crippen LogP contribution in [0.4, 0.5) is 0 Å². The molecule has 5 heteroatoms. The number of aliphatic hydroxyl groups excluding tert-OH is 1. The number of amides is 1. The van der Waals surface area contributed by atoms with Crippen LogP contribution < -0.4 is 5.32 Å². The fourth-order valence-electron chi connectivity index (χ4n) is 1.12. The number of nitrogens with one attached hydrogen (secondary N) is 1. The zero-order valence-electron chi connectivity index (χ0n) is 8.33. The number of halogens is 1. The van der Waals surface area contributed by atoms with E-state index in [0.717, 1.165) is 16.3 Å². The summed E-state index contributed by atoms with van der Waals surface area (Å²) in [6.45, 7) is 0.654. The van der Waals surface area contributed by atoms with Crippen LogP contribution in [0, 0.1) is 0 Å². The van der Waals surface area contributed by atoms with E-state index in [4.69, 9.17) is 16.7 Å². The Morgan fingerprint density at radius 3 is 3.00 bits per heavy atom. The average molecular weight is 248 g/mol. The average Bonchev–Trinajstić information content (AvgIpc) is 2.62. The third-order valence-electron chi connectivity index (χ3n) is 1.88. The number of hydrogen-bond donors (Lipinski definition) is 2. The van der Waals surface area contributed by atoms with Gasteiger partial charge in [0.2, 0.25) is 5.91 Å². The third kappa shape index (κ3) is 5.16. The largest absolute Gasteiger partial charge is 0.396 e. The number of thiophene rings is 1. The second-order valence-electron chi connectivity index (χ2n) is 3.16. The maximum atomic E-state index is 11.3. The normalized spacial score (nSPS) is 10.3. The number of hydrogen-bond acceptors (Lipinski definition) is 3. The minimum absolute atomic E-state index is 0.0213. The highest BCUT2D eigenvalue weighted by Crippen LogP contribution is 2.20. The molecule has 0 radical (unpaired) electrons. The molecule has 0 aromatic carbocycles. The molecule has 0 aliphatic rings. The van der Waals surface area contributed by atoms with E-state index in [-0.39, 0.29) is 12.5 Å². The van der Waals surface area contributed by atoms with Gasteiger partial charge in [-0.2, -0.15) is 0 Å². The lowest BCUT2D eigenvalue weighted by Gasteiger charge is -2.02. The summed E-state index contributed by atoms with van der Waals surface area (Å²) >= 11 is 7.33. The van der Waals surface area contributed by atoms with Crippen LogP contribution in [0.5, 0.6) is 0 Å². The van der Waals surface area contributed by atoms with Crippen LogP contribution in [-0.2, 0) is 11.2 Å². The van der Waals surface area contributed by atoms with E-state index < -0.39 is 0 Å². The Hall–Kier alpha value is -0.580. The van der Waals surface area contributed by atoms with Gasteiger partial charge in [-0.25, -0.2) is 0 Å². The van der Waals surface area contributed by atoms with E-state index in [2.05, 4.69) is 5.32 Å². The molecule has 0 fully saturated rings. The standard InChI is InChI=1S/C10H14ClNO2S/c11-8-6-9(15-7-8)2-3-10(14)12-4-1-5-13/h6-7,13H,1-5H2,(H,12,14). The molecule has 0 aliphatic carbocycles. The summed E-state index contributed by atoms with van der Waals surface area (Å²) in [5, 5.41) is 13.9. The first-order valence-corrected chi connectivity index (χ1v) is 6.08.